The van der Waals surface area contributed by atoms with Crippen molar-refractivity contribution < 1.29 is 5.11 Å². The van der Waals surface area contributed by atoms with E-state index in [-0.39, 0.29) is 6.04 Å². The Morgan fingerprint density at radius 3 is 2.28 bits per heavy atom. The SMILES string of the molecule is CC(C)(O)C(NC1CCCCC1)c1ccccc1. The molecule has 1 aromatic rings. The molecule has 1 atom stereocenters. The third-order valence-electron chi connectivity index (χ3n) is 3.85. The summed E-state index contributed by atoms with van der Waals surface area (Å²) in [5.41, 5.74) is 0.439. The first kappa shape index (κ1) is 13.6. The predicted molar refractivity (Wildman–Crippen MR) is 75.5 cm³/mol. The lowest BCUT2D eigenvalue weighted by atomic mass is 9.88. The fourth-order valence-corrected chi connectivity index (χ4v) is 2.86. The normalized spacial score (nSPS) is 19.7. The molecule has 1 aliphatic rings. The molecule has 100 valence electrons. The van der Waals surface area contributed by atoms with Gasteiger partial charge in [-0.3, -0.25) is 0 Å². The zero-order chi connectivity index (χ0) is 13.0. The molecule has 0 radical (unpaired) electrons. The Balaban J connectivity index is 2.11. The van der Waals surface area contributed by atoms with E-state index in [1.807, 2.05) is 32.0 Å². The molecule has 0 amide bonds. The third kappa shape index (κ3) is 3.56. The van der Waals surface area contributed by atoms with Gasteiger partial charge in [-0.15, -0.1) is 0 Å². The molecule has 0 saturated heterocycles. The van der Waals surface area contributed by atoms with Crippen molar-refractivity contribution in [2.75, 3.05) is 0 Å². The number of nitrogens with one attached hydrogen (secondary N) is 1. The summed E-state index contributed by atoms with van der Waals surface area (Å²) in [6, 6.07) is 10.9. The van der Waals surface area contributed by atoms with Gasteiger partial charge >= 0.3 is 0 Å². The molecule has 2 heteroatoms. The number of aliphatic hydroxyl groups is 1. The predicted octanol–water partition coefficient (Wildman–Crippen LogP) is 3.42. The maximum atomic E-state index is 10.4. The van der Waals surface area contributed by atoms with Crippen LogP contribution in [-0.4, -0.2) is 16.7 Å². The van der Waals surface area contributed by atoms with E-state index in [2.05, 4.69) is 17.4 Å². The van der Waals surface area contributed by atoms with Crippen molar-refractivity contribution in [1.82, 2.24) is 5.32 Å². The van der Waals surface area contributed by atoms with E-state index in [9.17, 15) is 5.11 Å². The highest BCUT2D eigenvalue weighted by Gasteiger charge is 2.30. The van der Waals surface area contributed by atoms with Gasteiger partial charge in [-0.1, -0.05) is 49.6 Å². The molecule has 0 heterocycles. The van der Waals surface area contributed by atoms with Crippen LogP contribution in [0.3, 0.4) is 0 Å². The maximum Gasteiger partial charge on any atom is 0.0785 e. The number of hydrogen-bond acceptors (Lipinski definition) is 2. The lowest BCUT2D eigenvalue weighted by Crippen LogP contribution is -2.44. The van der Waals surface area contributed by atoms with Gasteiger partial charge in [0.1, 0.15) is 0 Å². The highest BCUT2D eigenvalue weighted by molar-refractivity contribution is 5.21. The van der Waals surface area contributed by atoms with Gasteiger partial charge < -0.3 is 10.4 Å². The fraction of sp³-hybridized carbons (Fsp3) is 0.625. The van der Waals surface area contributed by atoms with Crippen LogP contribution in [0.15, 0.2) is 30.3 Å². The Morgan fingerprint density at radius 2 is 1.72 bits per heavy atom. The molecule has 1 aromatic carbocycles. The van der Waals surface area contributed by atoms with E-state index in [0.717, 1.165) is 0 Å². The molecule has 1 unspecified atom stereocenters. The van der Waals surface area contributed by atoms with Gasteiger partial charge in [0.25, 0.3) is 0 Å². The molecule has 2 rings (SSSR count). The first-order chi connectivity index (χ1) is 8.57. The molecule has 0 aliphatic heterocycles. The monoisotopic (exact) mass is 247 g/mol. The number of hydrogen-bond donors (Lipinski definition) is 2. The smallest absolute Gasteiger partial charge is 0.0785 e. The summed E-state index contributed by atoms with van der Waals surface area (Å²) in [6.45, 7) is 3.78. The van der Waals surface area contributed by atoms with Crippen LogP contribution in [0.2, 0.25) is 0 Å². The minimum Gasteiger partial charge on any atom is -0.388 e. The molecule has 1 fully saturated rings. The third-order valence-corrected chi connectivity index (χ3v) is 3.85. The first-order valence-electron chi connectivity index (χ1n) is 7.11. The number of benzene rings is 1. The molecule has 0 aromatic heterocycles. The van der Waals surface area contributed by atoms with Crippen molar-refractivity contribution in [3.05, 3.63) is 35.9 Å². The Kier molecular flexibility index (Phi) is 4.41. The summed E-state index contributed by atoms with van der Waals surface area (Å²) >= 11 is 0. The van der Waals surface area contributed by atoms with Gasteiger partial charge in [-0.05, 0) is 32.3 Å². The molecule has 1 aliphatic carbocycles. The average Bonchev–Trinajstić information content (AvgIpc) is 2.37. The maximum absolute atomic E-state index is 10.4. The molecular formula is C16H25NO. The zero-order valence-electron chi connectivity index (χ0n) is 11.5. The molecular weight excluding hydrogens is 222 g/mol. The topological polar surface area (TPSA) is 32.3 Å². The van der Waals surface area contributed by atoms with Gasteiger partial charge in [0, 0.05) is 6.04 Å². The van der Waals surface area contributed by atoms with Crippen LogP contribution in [-0.2, 0) is 0 Å². The van der Waals surface area contributed by atoms with E-state index in [1.165, 1.54) is 37.7 Å². The fourth-order valence-electron chi connectivity index (χ4n) is 2.86. The van der Waals surface area contributed by atoms with Crippen LogP contribution >= 0.6 is 0 Å². The van der Waals surface area contributed by atoms with Crippen molar-refractivity contribution in [3.8, 4) is 0 Å². The quantitative estimate of drug-likeness (QED) is 0.854. The Bertz CT molecular complexity index is 349. The molecule has 2 N–H and O–H groups in total. The number of rotatable bonds is 4. The minimum atomic E-state index is -0.737. The van der Waals surface area contributed by atoms with Crippen LogP contribution < -0.4 is 5.32 Å². The minimum absolute atomic E-state index is 0.0156. The standard InChI is InChI=1S/C16H25NO/c1-16(2,18)15(13-9-5-3-6-10-13)17-14-11-7-4-8-12-14/h3,5-6,9-10,14-15,17-18H,4,7-8,11-12H2,1-2H3. The van der Waals surface area contributed by atoms with Crippen molar-refractivity contribution in [2.45, 2.75) is 63.6 Å². The van der Waals surface area contributed by atoms with Crippen LogP contribution in [0.4, 0.5) is 0 Å². The van der Waals surface area contributed by atoms with Crippen LogP contribution in [0, 0.1) is 0 Å². The zero-order valence-corrected chi connectivity index (χ0v) is 11.5. The highest BCUT2D eigenvalue weighted by Crippen LogP contribution is 2.28. The molecule has 0 spiro atoms. The average molecular weight is 247 g/mol. The lowest BCUT2D eigenvalue weighted by molar-refractivity contribution is 0.0301. The second-order valence-electron chi connectivity index (χ2n) is 6.00. The van der Waals surface area contributed by atoms with E-state index >= 15 is 0 Å². The Morgan fingerprint density at radius 1 is 1.11 bits per heavy atom. The van der Waals surface area contributed by atoms with Gasteiger partial charge in [-0.25, -0.2) is 0 Å². The van der Waals surface area contributed by atoms with Crippen LogP contribution in [0.5, 0.6) is 0 Å². The van der Waals surface area contributed by atoms with Crippen LogP contribution in [0.1, 0.15) is 57.6 Å². The van der Waals surface area contributed by atoms with Crippen molar-refractivity contribution >= 4 is 0 Å². The summed E-state index contributed by atoms with van der Waals surface area (Å²) < 4.78 is 0. The lowest BCUT2D eigenvalue weighted by Gasteiger charge is -2.35. The summed E-state index contributed by atoms with van der Waals surface area (Å²) in [5, 5.41) is 14.1. The largest absolute Gasteiger partial charge is 0.388 e. The van der Waals surface area contributed by atoms with E-state index < -0.39 is 5.60 Å². The summed E-state index contributed by atoms with van der Waals surface area (Å²) in [6.07, 6.45) is 6.45. The summed E-state index contributed by atoms with van der Waals surface area (Å²) in [5.74, 6) is 0. The van der Waals surface area contributed by atoms with E-state index in [0.29, 0.717) is 6.04 Å². The van der Waals surface area contributed by atoms with Crippen molar-refractivity contribution in [1.29, 1.82) is 0 Å². The summed E-state index contributed by atoms with van der Waals surface area (Å²) in [4.78, 5) is 0. The first-order valence-corrected chi connectivity index (χ1v) is 7.11. The van der Waals surface area contributed by atoms with E-state index in [1.54, 1.807) is 0 Å². The van der Waals surface area contributed by atoms with Gasteiger partial charge in [-0.2, -0.15) is 0 Å². The van der Waals surface area contributed by atoms with Gasteiger partial charge in [0.2, 0.25) is 0 Å². The molecule has 1 saturated carbocycles. The van der Waals surface area contributed by atoms with Gasteiger partial charge in [0.15, 0.2) is 0 Å². The second kappa shape index (κ2) is 5.85. The van der Waals surface area contributed by atoms with Crippen molar-refractivity contribution in [2.24, 2.45) is 0 Å². The van der Waals surface area contributed by atoms with Gasteiger partial charge in [0.05, 0.1) is 11.6 Å². The van der Waals surface area contributed by atoms with E-state index in [4.69, 9.17) is 0 Å². The molecule has 0 bridgehead atoms. The Hall–Kier alpha value is -0.860. The second-order valence-corrected chi connectivity index (χ2v) is 6.00. The Labute approximate surface area is 110 Å². The van der Waals surface area contributed by atoms with Crippen LogP contribution in [0.25, 0.3) is 0 Å². The molecule has 18 heavy (non-hydrogen) atoms. The summed E-state index contributed by atoms with van der Waals surface area (Å²) in [7, 11) is 0. The van der Waals surface area contributed by atoms with Crippen molar-refractivity contribution in [3.63, 3.8) is 0 Å². The highest BCUT2D eigenvalue weighted by atomic mass is 16.3. The molecule has 2 nitrogen and oxygen atoms in total.